The van der Waals surface area contributed by atoms with Gasteiger partial charge in [-0.1, -0.05) is 27.2 Å². The molecule has 1 unspecified atom stereocenters. The van der Waals surface area contributed by atoms with Crippen LogP contribution in [0.15, 0.2) is 4.99 Å². The number of aliphatic imine (C=N–C) groups is 1. The summed E-state index contributed by atoms with van der Waals surface area (Å²) in [6, 6.07) is 0.524. The quantitative estimate of drug-likeness (QED) is 0.330. The maximum Gasteiger partial charge on any atom is 0.191 e. The molecule has 0 saturated carbocycles. The van der Waals surface area contributed by atoms with Gasteiger partial charge in [-0.15, -0.1) is 0 Å². The van der Waals surface area contributed by atoms with Gasteiger partial charge in [0.1, 0.15) is 0 Å². The molecule has 0 aromatic heterocycles. The number of rotatable bonds is 12. The highest BCUT2D eigenvalue weighted by molar-refractivity contribution is 5.79. The Hall–Kier alpha value is -0.810. The molecule has 1 atom stereocenters. The molecule has 22 heavy (non-hydrogen) atoms. The maximum absolute atomic E-state index is 5.56. The van der Waals surface area contributed by atoms with E-state index in [1.807, 2.05) is 7.05 Å². The van der Waals surface area contributed by atoms with E-state index >= 15 is 0 Å². The lowest BCUT2D eigenvalue weighted by atomic mass is 10.0. The van der Waals surface area contributed by atoms with Crippen molar-refractivity contribution in [3.05, 3.63) is 0 Å². The Balaban J connectivity index is 3.86. The van der Waals surface area contributed by atoms with Crippen LogP contribution in [0, 0.1) is 5.92 Å². The summed E-state index contributed by atoms with van der Waals surface area (Å²) in [5.41, 5.74) is 0. The van der Waals surface area contributed by atoms with Gasteiger partial charge in [0.05, 0.1) is 0 Å². The Kier molecular flexibility index (Phi) is 13.3. The van der Waals surface area contributed by atoms with Gasteiger partial charge in [0.2, 0.25) is 0 Å². The summed E-state index contributed by atoms with van der Waals surface area (Å²) < 4.78 is 5.56. The fourth-order valence-corrected chi connectivity index (χ4v) is 2.19. The van der Waals surface area contributed by atoms with Crippen molar-refractivity contribution in [3.8, 4) is 0 Å². The first-order valence-corrected chi connectivity index (χ1v) is 8.69. The fraction of sp³-hybridized carbons (Fsp3) is 0.941. The molecule has 0 aliphatic heterocycles. The number of nitrogens with zero attached hydrogens (tertiary/aromatic N) is 2. The van der Waals surface area contributed by atoms with Gasteiger partial charge in [-0.2, -0.15) is 0 Å². The number of likely N-dealkylation sites (N-methyl/N-ethyl adjacent to an activating group) is 1. The van der Waals surface area contributed by atoms with Gasteiger partial charge in [-0.3, -0.25) is 4.99 Å². The summed E-state index contributed by atoms with van der Waals surface area (Å²) in [5, 5.41) is 6.77. The fourth-order valence-electron chi connectivity index (χ4n) is 2.19. The van der Waals surface area contributed by atoms with Gasteiger partial charge < -0.3 is 20.3 Å². The Morgan fingerprint density at radius 1 is 1.14 bits per heavy atom. The minimum atomic E-state index is 0.524. The molecule has 0 aliphatic rings. The van der Waals surface area contributed by atoms with Crippen molar-refractivity contribution in [1.82, 2.24) is 15.5 Å². The lowest BCUT2D eigenvalue weighted by Gasteiger charge is -2.27. The van der Waals surface area contributed by atoms with Crippen LogP contribution in [0.4, 0.5) is 0 Å². The summed E-state index contributed by atoms with van der Waals surface area (Å²) in [6.45, 7) is 10.2. The predicted octanol–water partition coefficient (Wildman–Crippen LogP) is 2.33. The van der Waals surface area contributed by atoms with Crippen LogP contribution >= 0.6 is 0 Å². The Bertz CT molecular complexity index is 280. The molecule has 2 N–H and O–H groups in total. The average molecular weight is 315 g/mol. The summed E-state index contributed by atoms with van der Waals surface area (Å²) >= 11 is 0. The number of ether oxygens (including phenoxy) is 1. The minimum Gasteiger partial charge on any atom is -0.381 e. The van der Waals surface area contributed by atoms with Crippen LogP contribution in [0.25, 0.3) is 0 Å². The van der Waals surface area contributed by atoms with E-state index in [2.05, 4.69) is 55.4 Å². The summed E-state index contributed by atoms with van der Waals surface area (Å²) in [7, 11) is 6.09. The van der Waals surface area contributed by atoms with E-state index in [9.17, 15) is 0 Å². The Morgan fingerprint density at radius 3 is 2.36 bits per heavy atom. The summed E-state index contributed by atoms with van der Waals surface area (Å²) in [4.78, 5) is 6.56. The zero-order chi connectivity index (χ0) is 16.8. The summed E-state index contributed by atoms with van der Waals surface area (Å²) in [5.74, 6) is 1.58. The normalized spacial score (nSPS) is 13.7. The second-order valence-corrected chi connectivity index (χ2v) is 6.45. The Morgan fingerprint density at radius 2 is 1.82 bits per heavy atom. The lowest BCUT2D eigenvalue weighted by Crippen LogP contribution is -2.45. The van der Waals surface area contributed by atoms with Crippen LogP contribution < -0.4 is 10.6 Å². The monoisotopic (exact) mass is 314 g/mol. The molecule has 0 spiro atoms. The van der Waals surface area contributed by atoms with Crippen LogP contribution in [-0.2, 0) is 4.74 Å². The highest BCUT2D eigenvalue weighted by Gasteiger charge is 2.13. The number of hydrogen-bond acceptors (Lipinski definition) is 3. The van der Waals surface area contributed by atoms with Gasteiger partial charge >= 0.3 is 0 Å². The first-order chi connectivity index (χ1) is 10.5. The second kappa shape index (κ2) is 13.8. The molecule has 0 saturated heterocycles. The van der Waals surface area contributed by atoms with Crippen molar-refractivity contribution in [2.75, 3.05) is 47.4 Å². The highest BCUT2D eigenvalue weighted by Crippen LogP contribution is 2.07. The molecule has 0 aromatic rings. The van der Waals surface area contributed by atoms with Gasteiger partial charge in [0.15, 0.2) is 5.96 Å². The first-order valence-electron chi connectivity index (χ1n) is 8.69. The van der Waals surface area contributed by atoms with Crippen molar-refractivity contribution in [2.24, 2.45) is 10.9 Å². The van der Waals surface area contributed by atoms with E-state index in [0.29, 0.717) is 12.0 Å². The molecule has 132 valence electrons. The number of unbranched alkanes of at least 4 members (excludes halogenated alkanes) is 1. The molecule has 5 heteroatoms. The molecule has 0 bridgehead atoms. The standard InChI is InChI=1S/C17H38N4O/c1-7-8-11-22-12-9-10-19-17(18-4)20-14-16(21(5)6)13-15(2)3/h15-16H,7-14H2,1-6H3,(H2,18,19,20). The molecule has 0 aliphatic carbocycles. The maximum atomic E-state index is 5.56. The molecule has 0 aromatic carbocycles. The van der Waals surface area contributed by atoms with Crippen molar-refractivity contribution in [2.45, 2.75) is 52.5 Å². The number of guanidine groups is 1. The average Bonchev–Trinajstić information content (AvgIpc) is 2.47. The third-order valence-corrected chi connectivity index (χ3v) is 3.60. The van der Waals surface area contributed by atoms with E-state index < -0.39 is 0 Å². The third-order valence-electron chi connectivity index (χ3n) is 3.60. The second-order valence-electron chi connectivity index (χ2n) is 6.45. The van der Waals surface area contributed by atoms with E-state index in [1.165, 1.54) is 12.8 Å². The van der Waals surface area contributed by atoms with E-state index in [4.69, 9.17) is 4.74 Å². The SMILES string of the molecule is CCCCOCCCNC(=NC)NCC(CC(C)C)N(C)C. The van der Waals surface area contributed by atoms with Gasteiger partial charge in [-0.05, 0) is 39.3 Å². The topological polar surface area (TPSA) is 48.9 Å². The molecular weight excluding hydrogens is 276 g/mol. The molecule has 0 heterocycles. The molecule has 0 amide bonds. The third kappa shape index (κ3) is 11.8. The zero-order valence-corrected chi connectivity index (χ0v) is 15.6. The van der Waals surface area contributed by atoms with Gasteiger partial charge in [0, 0.05) is 39.4 Å². The van der Waals surface area contributed by atoms with E-state index in [1.54, 1.807) is 0 Å². The number of hydrogen-bond donors (Lipinski definition) is 2. The van der Waals surface area contributed by atoms with Crippen LogP contribution in [-0.4, -0.2) is 64.3 Å². The molecular formula is C17H38N4O. The zero-order valence-electron chi connectivity index (χ0n) is 15.6. The lowest BCUT2D eigenvalue weighted by molar-refractivity contribution is 0.129. The molecule has 0 radical (unpaired) electrons. The minimum absolute atomic E-state index is 0.524. The predicted molar refractivity (Wildman–Crippen MR) is 96.6 cm³/mol. The van der Waals surface area contributed by atoms with E-state index in [0.717, 1.165) is 45.1 Å². The van der Waals surface area contributed by atoms with Crippen molar-refractivity contribution in [3.63, 3.8) is 0 Å². The van der Waals surface area contributed by atoms with E-state index in [-0.39, 0.29) is 0 Å². The van der Waals surface area contributed by atoms with Crippen molar-refractivity contribution < 1.29 is 4.74 Å². The molecule has 5 nitrogen and oxygen atoms in total. The molecule has 0 rings (SSSR count). The largest absolute Gasteiger partial charge is 0.381 e. The van der Waals surface area contributed by atoms with Crippen LogP contribution in [0.5, 0.6) is 0 Å². The van der Waals surface area contributed by atoms with Crippen LogP contribution in [0.2, 0.25) is 0 Å². The smallest absolute Gasteiger partial charge is 0.191 e. The number of nitrogens with one attached hydrogen (secondary N) is 2. The van der Waals surface area contributed by atoms with Gasteiger partial charge in [-0.25, -0.2) is 0 Å². The summed E-state index contributed by atoms with van der Waals surface area (Å²) in [6.07, 6.45) is 4.53. The highest BCUT2D eigenvalue weighted by atomic mass is 16.5. The Labute approximate surface area is 137 Å². The molecule has 0 fully saturated rings. The van der Waals surface area contributed by atoms with Crippen LogP contribution in [0.1, 0.15) is 46.5 Å². The van der Waals surface area contributed by atoms with Crippen LogP contribution in [0.3, 0.4) is 0 Å². The van der Waals surface area contributed by atoms with Crippen molar-refractivity contribution in [1.29, 1.82) is 0 Å². The first kappa shape index (κ1) is 21.2. The van der Waals surface area contributed by atoms with Gasteiger partial charge in [0.25, 0.3) is 0 Å². The van der Waals surface area contributed by atoms with Crippen molar-refractivity contribution >= 4 is 5.96 Å².